The molecule has 0 aromatic heterocycles. The highest BCUT2D eigenvalue weighted by Crippen LogP contribution is 2.27. The Morgan fingerprint density at radius 2 is 2.00 bits per heavy atom. The van der Waals surface area contributed by atoms with Gasteiger partial charge in [-0.15, -0.1) is 0 Å². The first-order valence-electron chi connectivity index (χ1n) is 5.88. The van der Waals surface area contributed by atoms with Crippen LogP contribution in [0.3, 0.4) is 0 Å². The van der Waals surface area contributed by atoms with Gasteiger partial charge in [-0.05, 0) is 18.8 Å². The highest BCUT2D eigenvalue weighted by molar-refractivity contribution is 5.95. The fraction of sp³-hybridized carbons (Fsp3) is 0.833. The number of carbonyl (C=O) groups excluding carboxylic acids is 2. The summed E-state index contributed by atoms with van der Waals surface area (Å²) < 4.78 is 0. The number of carbonyl (C=O) groups is 2. The van der Waals surface area contributed by atoms with Gasteiger partial charge in [0.25, 0.3) is 0 Å². The van der Waals surface area contributed by atoms with Crippen molar-refractivity contribution in [3.63, 3.8) is 0 Å². The lowest BCUT2D eigenvalue weighted by atomic mass is 9.85. The van der Waals surface area contributed by atoms with E-state index >= 15 is 0 Å². The fourth-order valence-electron chi connectivity index (χ4n) is 1.96. The minimum atomic E-state index is -0.310. The van der Waals surface area contributed by atoms with Crippen LogP contribution in [0, 0.1) is 5.41 Å². The lowest BCUT2D eigenvalue weighted by Crippen LogP contribution is -2.62. The molecule has 0 radical (unpaired) electrons. The summed E-state index contributed by atoms with van der Waals surface area (Å²) in [6.45, 7) is 10.3. The normalized spacial score (nSPS) is 24.3. The van der Waals surface area contributed by atoms with Gasteiger partial charge in [-0.1, -0.05) is 27.7 Å². The van der Waals surface area contributed by atoms with E-state index in [0.717, 1.165) is 0 Å². The van der Waals surface area contributed by atoms with Crippen LogP contribution in [0.15, 0.2) is 0 Å². The second kappa shape index (κ2) is 4.44. The third-order valence-corrected chi connectivity index (χ3v) is 3.40. The highest BCUT2D eigenvalue weighted by atomic mass is 16.2. The van der Waals surface area contributed by atoms with Crippen LogP contribution in [0.5, 0.6) is 0 Å². The predicted molar refractivity (Wildman–Crippen MR) is 62.9 cm³/mol. The third-order valence-electron chi connectivity index (χ3n) is 3.40. The molecule has 2 amide bonds. The maximum atomic E-state index is 11.9. The topological polar surface area (TPSA) is 49.4 Å². The average molecular weight is 226 g/mol. The molecule has 1 fully saturated rings. The summed E-state index contributed by atoms with van der Waals surface area (Å²) in [5, 5.41) is 2.64. The van der Waals surface area contributed by atoms with Crippen LogP contribution >= 0.6 is 0 Å². The lowest BCUT2D eigenvalue weighted by molar-refractivity contribution is -0.150. The van der Waals surface area contributed by atoms with E-state index in [-0.39, 0.29) is 35.9 Å². The molecule has 0 saturated carbocycles. The first kappa shape index (κ1) is 13.0. The molecule has 1 N–H and O–H groups in total. The van der Waals surface area contributed by atoms with Crippen LogP contribution in [-0.2, 0) is 9.59 Å². The van der Waals surface area contributed by atoms with Gasteiger partial charge in [-0.3, -0.25) is 9.59 Å². The Bertz CT molecular complexity index is 294. The van der Waals surface area contributed by atoms with Crippen molar-refractivity contribution in [3.8, 4) is 0 Å². The second-order valence-electron chi connectivity index (χ2n) is 5.48. The summed E-state index contributed by atoms with van der Waals surface area (Å²) >= 11 is 0. The molecule has 1 saturated heterocycles. The maximum Gasteiger partial charge on any atom is 0.243 e. The van der Waals surface area contributed by atoms with E-state index in [1.165, 1.54) is 0 Å². The summed E-state index contributed by atoms with van der Waals surface area (Å²) in [4.78, 5) is 25.4. The van der Waals surface area contributed by atoms with Gasteiger partial charge in [0.1, 0.15) is 6.04 Å². The molecule has 0 aliphatic carbocycles. The van der Waals surface area contributed by atoms with E-state index in [2.05, 4.69) is 26.1 Å². The Labute approximate surface area is 97.4 Å². The maximum absolute atomic E-state index is 11.9. The lowest BCUT2D eigenvalue weighted by Gasteiger charge is -2.44. The van der Waals surface area contributed by atoms with E-state index in [1.807, 2.05) is 13.8 Å². The van der Waals surface area contributed by atoms with Crippen molar-refractivity contribution in [2.24, 2.45) is 5.41 Å². The Morgan fingerprint density at radius 3 is 2.44 bits per heavy atom. The van der Waals surface area contributed by atoms with Crippen molar-refractivity contribution < 1.29 is 9.59 Å². The van der Waals surface area contributed by atoms with Crippen LogP contribution in [0.4, 0.5) is 0 Å². The summed E-state index contributed by atoms with van der Waals surface area (Å²) in [6, 6.07) is -0.244. The zero-order chi connectivity index (χ0) is 12.5. The molecule has 0 aromatic carbocycles. The van der Waals surface area contributed by atoms with E-state index in [1.54, 1.807) is 4.90 Å². The van der Waals surface area contributed by atoms with Gasteiger partial charge in [0, 0.05) is 6.04 Å². The van der Waals surface area contributed by atoms with Crippen molar-refractivity contribution >= 4 is 11.8 Å². The molecule has 16 heavy (non-hydrogen) atoms. The molecule has 4 nitrogen and oxygen atoms in total. The van der Waals surface area contributed by atoms with Gasteiger partial charge in [0.2, 0.25) is 11.8 Å². The van der Waals surface area contributed by atoms with Gasteiger partial charge in [-0.25, -0.2) is 0 Å². The van der Waals surface area contributed by atoms with Crippen molar-refractivity contribution in [3.05, 3.63) is 0 Å². The molecule has 1 aliphatic rings. The Kier molecular flexibility index (Phi) is 3.61. The first-order chi connectivity index (χ1) is 7.29. The molecular formula is C12H22N2O2. The zero-order valence-electron chi connectivity index (χ0n) is 10.8. The van der Waals surface area contributed by atoms with E-state index in [0.29, 0.717) is 6.42 Å². The van der Waals surface area contributed by atoms with Crippen LogP contribution in [0.25, 0.3) is 0 Å². The molecular weight excluding hydrogens is 204 g/mol. The summed E-state index contributed by atoms with van der Waals surface area (Å²) in [5.74, 6) is -0.00734. The van der Waals surface area contributed by atoms with Gasteiger partial charge in [0.05, 0.1) is 6.54 Å². The first-order valence-corrected chi connectivity index (χ1v) is 5.88. The number of hydrogen-bond donors (Lipinski definition) is 1. The number of amides is 2. The SMILES string of the molecule is CCC1C(=O)NCC(=O)N1C(C)C(C)(C)C. The van der Waals surface area contributed by atoms with E-state index in [4.69, 9.17) is 0 Å². The highest BCUT2D eigenvalue weighted by Gasteiger charge is 2.39. The largest absolute Gasteiger partial charge is 0.345 e. The molecule has 0 aromatic rings. The Morgan fingerprint density at radius 1 is 1.44 bits per heavy atom. The average Bonchev–Trinajstić information content (AvgIpc) is 2.18. The van der Waals surface area contributed by atoms with Crippen LogP contribution < -0.4 is 5.32 Å². The monoisotopic (exact) mass is 226 g/mol. The number of hydrogen-bond acceptors (Lipinski definition) is 2. The molecule has 1 rings (SSSR count). The van der Waals surface area contributed by atoms with Gasteiger partial charge in [0.15, 0.2) is 0 Å². The Hall–Kier alpha value is -1.06. The zero-order valence-corrected chi connectivity index (χ0v) is 10.8. The molecule has 2 atom stereocenters. The van der Waals surface area contributed by atoms with Gasteiger partial charge >= 0.3 is 0 Å². The fourth-order valence-corrected chi connectivity index (χ4v) is 1.96. The number of rotatable bonds is 2. The van der Waals surface area contributed by atoms with Gasteiger partial charge < -0.3 is 10.2 Å². The standard InChI is InChI=1S/C12H22N2O2/c1-6-9-11(16)13-7-10(15)14(9)8(2)12(3,4)5/h8-9H,6-7H2,1-5H3,(H,13,16). The number of nitrogens with zero attached hydrogens (tertiary/aromatic N) is 1. The molecule has 1 aliphatic heterocycles. The van der Waals surface area contributed by atoms with Crippen molar-refractivity contribution in [2.75, 3.05) is 6.54 Å². The quantitative estimate of drug-likeness (QED) is 0.768. The minimum absolute atomic E-state index is 0.0132. The third kappa shape index (κ3) is 2.36. The van der Waals surface area contributed by atoms with Crippen molar-refractivity contribution in [1.29, 1.82) is 0 Å². The van der Waals surface area contributed by atoms with E-state index < -0.39 is 0 Å². The molecule has 92 valence electrons. The molecule has 0 spiro atoms. The smallest absolute Gasteiger partial charge is 0.243 e. The van der Waals surface area contributed by atoms with Crippen LogP contribution in [0.2, 0.25) is 0 Å². The number of piperazine rings is 1. The van der Waals surface area contributed by atoms with Crippen molar-refractivity contribution in [2.45, 2.75) is 53.1 Å². The molecule has 1 heterocycles. The van der Waals surface area contributed by atoms with E-state index in [9.17, 15) is 9.59 Å². The summed E-state index contributed by atoms with van der Waals surface area (Å²) in [7, 11) is 0. The summed E-state index contributed by atoms with van der Waals surface area (Å²) in [6.07, 6.45) is 0.665. The predicted octanol–water partition coefficient (Wildman–Crippen LogP) is 1.16. The molecule has 0 bridgehead atoms. The van der Waals surface area contributed by atoms with Gasteiger partial charge in [-0.2, -0.15) is 0 Å². The minimum Gasteiger partial charge on any atom is -0.345 e. The summed E-state index contributed by atoms with van der Waals surface area (Å²) in [5.41, 5.74) is -0.0132. The second-order valence-corrected chi connectivity index (χ2v) is 5.48. The van der Waals surface area contributed by atoms with Crippen LogP contribution in [0.1, 0.15) is 41.0 Å². The van der Waals surface area contributed by atoms with Crippen molar-refractivity contribution in [1.82, 2.24) is 10.2 Å². The molecule has 2 unspecified atom stereocenters. The number of nitrogens with one attached hydrogen (secondary N) is 1. The Balaban J connectivity index is 2.96. The van der Waals surface area contributed by atoms with Crippen LogP contribution in [-0.4, -0.2) is 35.3 Å². The molecule has 4 heteroatoms.